The lowest BCUT2D eigenvalue weighted by atomic mass is 10.0. The number of nitrogens with zero attached hydrogens (tertiary/aromatic N) is 2. The molecule has 1 aromatic heterocycles. The highest BCUT2D eigenvalue weighted by Crippen LogP contribution is 2.28. The molecule has 1 aliphatic rings. The molecule has 1 aliphatic heterocycles. The van der Waals surface area contributed by atoms with Gasteiger partial charge in [0.05, 0.1) is 12.3 Å². The summed E-state index contributed by atoms with van der Waals surface area (Å²) in [6.45, 7) is 6.02. The average molecular weight is 285 g/mol. The lowest BCUT2D eigenvalue weighted by Crippen LogP contribution is -2.18. The first-order valence-electron chi connectivity index (χ1n) is 7.67. The minimum Gasteiger partial charge on any atom is -0.493 e. The second-order valence-electron chi connectivity index (χ2n) is 5.70. The summed E-state index contributed by atoms with van der Waals surface area (Å²) in [7, 11) is 1.98. The molecule has 3 rings (SSSR count). The lowest BCUT2D eigenvalue weighted by Gasteiger charge is -2.15. The fourth-order valence-electron chi connectivity index (χ4n) is 2.89. The molecule has 1 N–H and O–H groups in total. The maximum absolute atomic E-state index is 5.56. The molecule has 112 valence electrons. The van der Waals surface area contributed by atoms with Gasteiger partial charge in [0.25, 0.3) is 0 Å². The van der Waals surface area contributed by atoms with Crippen molar-refractivity contribution in [3.8, 4) is 5.75 Å². The van der Waals surface area contributed by atoms with Crippen LogP contribution in [0.25, 0.3) is 0 Å². The molecule has 0 amide bonds. The summed E-state index contributed by atoms with van der Waals surface area (Å²) in [5.74, 6) is 1.05. The van der Waals surface area contributed by atoms with E-state index in [-0.39, 0.29) is 0 Å². The van der Waals surface area contributed by atoms with Crippen LogP contribution in [0.1, 0.15) is 42.3 Å². The van der Waals surface area contributed by atoms with E-state index >= 15 is 0 Å². The number of fused-ring (bicyclic) bond motifs is 1. The van der Waals surface area contributed by atoms with Gasteiger partial charge in [0.2, 0.25) is 0 Å². The van der Waals surface area contributed by atoms with Crippen molar-refractivity contribution in [3.63, 3.8) is 0 Å². The SMILES string of the molecule is CCc1nn(C)cc1CNC(C)c1ccc2c(c1)CCO2. The van der Waals surface area contributed by atoms with Crippen molar-refractivity contribution in [2.45, 2.75) is 39.3 Å². The van der Waals surface area contributed by atoms with E-state index in [9.17, 15) is 0 Å². The Balaban J connectivity index is 1.67. The molecule has 2 aromatic rings. The molecule has 1 atom stereocenters. The van der Waals surface area contributed by atoms with E-state index in [1.807, 2.05) is 11.7 Å². The Hall–Kier alpha value is -1.81. The number of benzene rings is 1. The van der Waals surface area contributed by atoms with Gasteiger partial charge in [0.1, 0.15) is 5.75 Å². The first-order valence-corrected chi connectivity index (χ1v) is 7.67. The Morgan fingerprint density at radius 1 is 1.43 bits per heavy atom. The summed E-state index contributed by atoms with van der Waals surface area (Å²) in [5, 5.41) is 8.09. The van der Waals surface area contributed by atoms with Gasteiger partial charge in [-0.15, -0.1) is 0 Å². The second-order valence-corrected chi connectivity index (χ2v) is 5.70. The van der Waals surface area contributed by atoms with Crippen LogP contribution in [0, 0.1) is 0 Å². The van der Waals surface area contributed by atoms with Gasteiger partial charge >= 0.3 is 0 Å². The number of ether oxygens (including phenoxy) is 1. The standard InChI is InChI=1S/C17H23N3O/c1-4-16-15(11-20(3)19-16)10-18-12(2)13-5-6-17-14(9-13)7-8-21-17/h5-6,9,11-12,18H,4,7-8,10H2,1-3H3. The fourth-order valence-corrected chi connectivity index (χ4v) is 2.89. The Kier molecular flexibility index (Phi) is 3.97. The van der Waals surface area contributed by atoms with Gasteiger partial charge in [0.15, 0.2) is 0 Å². The van der Waals surface area contributed by atoms with E-state index in [0.717, 1.165) is 31.7 Å². The molecule has 21 heavy (non-hydrogen) atoms. The molecule has 0 aliphatic carbocycles. The van der Waals surface area contributed by atoms with Gasteiger partial charge in [-0.1, -0.05) is 19.1 Å². The summed E-state index contributed by atoms with van der Waals surface area (Å²) in [6, 6.07) is 6.84. The normalized spacial score (nSPS) is 14.8. The average Bonchev–Trinajstić information content (AvgIpc) is 3.09. The molecule has 1 aromatic carbocycles. The highest BCUT2D eigenvalue weighted by Gasteiger charge is 2.15. The van der Waals surface area contributed by atoms with E-state index in [0.29, 0.717) is 6.04 Å². The third kappa shape index (κ3) is 2.95. The molecule has 0 radical (unpaired) electrons. The summed E-state index contributed by atoms with van der Waals surface area (Å²) in [4.78, 5) is 0. The second kappa shape index (κ2) is 5.90. The molecular weight excluding hydrogens is 262 g/mol. The van der Waals surface area contributed by atoms with Gasteiger partial charge in [0, 0.05) is 37.8 Å². The van der Waals surface area contributed by atoms with Gasteiger partial charge in [-0.05, 0) is 30.5 Å². The molecule has 0 saturated heterocycles. The van der Waals surface area contributed by atoms with Crippen LogP contribution in [-0.4, -0.2) is 16.4 Å². The minimum absolute atomic E-state index is 0.320. The number of aromatic nitrogens is 2. The molecule has 0 saturated carbocycles. The zero-order chi connectivity index (χ0) is 14.8. The van der Waals surface area contributed by atoms with Gasteiger partial charge in [-0.25, -0.2) is 0 Å². The lowest BCUT2D eigenvalue weighted by molar-refractivity contribution is 0.356. The topological polar surface area (TPSA) is 39.1 Å². The summed E-state index contributed by atoms with van der Waals surface area (Å²) in [5.41, 5.74) is 5.12. The Labute approximate surface area is 126 Å². The van der Waals surface area contributed by atoms with E-state index in [4.69, 9.17) is 4.74 Å². The molecule has 4 heteroatoms. The quantitative estimate of drug-likeness (QED) is 0.918. The van der Waals surface area contributed by atoms with Crippen LogP contribution in [0.5, 0.6) is 5.75 Å². The monoisotopic (exact) mass is 285 g/mol. The Bertz CT molecular complexity index is 633. The Morgan fingerprint density at radius 2 is 2.29 bits per heavy atom. The van der Waals surface area contributed by atoms with Gasteiger partial charge in [-0.2, -0.15) is 5.10 Å². The molecule has 0 fully saturated rings. The first kappa shape index (κ1) is 14.1. The summed E-state index contributed by atoms with van der Waals surface area (Å²) < 4.78 is 7.46. The smallest absolute Gasteiger partial charge is 0.122 e. The highest BCUT2D eigenvalue weighted by atomic mass is 16.5. The van der Waals surface area contributed by atoms with Crippen molar-refractivity contribution in [2.75, 3.05) is 6.61 Å². The van der Waals surface area contributed by atoms with Crippen LogP contribution in [0.2, 0.25) is 0 Å². The third-order valence-electron chi connectivity index (χ3n) is 4.14. The largest absolute Gasteiger partial charge is 0.493 e. The van der Waals surface area contributed by atoms with Crippen LogP contribution in [0.15, 0.2) is 24.4 Å². The van der Waals surface area contributed by atoms with E-state index in [1.165, 1.54) is 22.4 Å². The van der Waals surface area contributed by atoms with Crippen molar-refractivity contribution in [2.24, 2.45) is 7.05 Å². The van der Waals surface area contributed by atoms with Crippen molar-refractivity contribution in [1.82, 2.24) is 15.1 Å². The predicted octanol–water partition coefficient (Wildman–Crippen LogP) is 2.77. The third-order valence-corrected chi connectivity index (χ3v) is 4.14. The summed E-state index contributed by atoms with van der Waals surface area (Å²) >= 11 is 0. The summed E-state index contributed by atoms with van der Waals surface area (Å²) in [6.07, 6.45) is 4.11. The number of rotatable bonds is 5. The molecule has 0 bridgehead atoms. The van der Waals surface area contributed by atoms with E-state index < -0.39 is 0 Å². The van der Waals surface area contributed by atoms with Crippen molar-refractivity contribution < 1.29 is 4.74 Å². The molecular formula is C17H23N3O. The maximum Gasteiger partial charge on any atom is 0.122 e. The molecule has 0 spiro atoms. The van der Waals surface area contributed by atoms with Crippen molar-refractivity contribution >= 4 is 0 Å². The first-order chi connectivity index (χ1) is 10.2. The maximum atomic E-state index is 5.56. The fraction of sp³-hybridized carbons (Fsp3) is 0.471. The Morgan fingerprint density at radius 3 is 3.10 bits per heavy atom. The van der Waals surface area contributed by atoms with Crippen LogP contribution < -0.4 is 10.1 Å². The zero-order valence-electron chi connectivity index (χ0n) is 13.0. The van der Waals surface area contributed by atoms with Crippen LogP contribution in [-0.2, 0) is 26.4 Å². The van der Waals surface area contributed by atoms with Gasteiger partial charge < -0.3 is 10.1 Å². The zero-order valence-corrected chi connectivity index (χ0v) is 13.0. The van der Waals surface area contributed by atoms with Gasteiger partial charge in [-0.3, -0.25) is 4.68 Å². The highest BCUT2D eigenvalue weighted by molar-refractivity contribution is 5.40. The molecule has 4 nitrogen and oxygen atoms in total. The van der Waals surface area contributed by atoms with Crippen LogP contribution >= 0.6 is 0 Å². The molecule has 1 unspecified atom stereocenters. The number of nitrogens with one attached hydrogen (secondary N) is 1. The van der Waals surface area contributed by atoms with Crippen molar-refractivity contribution in [3.05, 3.63) is 46.8 Å². The number of hydrogen-bond acceptors (Lipinski definition) is 3. The van der Waals surface area contributed by atoms with Crippen LogP contribution in [0.4, 0.5) is 0 Å². The predicted molar refractivity (Wildman–Crippen MR) is 83.5 cm³/mol. The molecule has 2 heterocycles. The number of aryl methyl sites for hydroxylation is 2. The van der Waals surface area contributed by atoms with Crippen molar-refractivity contribution in [1.29, 1.82) is 0 Å². The van der Waals surface area contributed by atoms with E-state index in [1.54, 1.807) is 0 Å². The minimum atomic E-state index is 0.320. The van der Waals surface area contributed by atoms with Crippen LogP contribution in [0.3, 0.4) is 0 Å². The van der Waals surface area contributed by atoms with E-state index in [2.05, 4.69) is 48.7 Å². The number of hydrogen-bond donors (Lipinski definition) is 1.